The Balaban J connectivity index is 2.31. The second kappa shape index (κ2) is 5.02. The standard InChI is InChI=1S/C15H19F4N/c1-14(2,3)11-4-10(7-20-8-13(16)9-20)5-12(6-11)15(17,18)19/h4-6,13H,7-9H2,1-3H3. The molecule has 5 heteroatoms. The summed E-state index contributed by atoms with van der Waals surface area (Å²) in [5.41, 5.74) is 0.265. The number of nitrogens with zero attached hydrogens (tertiary/aromatic N) is 1. The first kappa shape index (κ1) is 15.3. The van der Waals surface area contributed by atoms with Crippen LogP contribution in [0.2, 0.25) is 0 Å². The predicted octanol–water partition coefficient (Wildman–Crippen LogP) is 4.16. The molecule has 112 valence electrons. The lowest BCUT2D eigenvalue weighted by Gasteiger charge is -2.34. The predicted molar refractivity (Wildman–Crippen MR) is 70.3 cm³/mol. The Morgan fingerprint density at radius 1 is 1.05 bits per heavy atom. The molecule has 20 heavy (non-hydrogen) atoms. The van der Waals surface area contributed by atoms with Crippen molar-refractivity contribution in [1.29, 1.82) is 0 Å². The van der Waals surface area contributed by atoms with Crippen LogP contribution < -0.4 is 0 Å². The number of alkyl halides is 4. The molecule has 0 unspecified atom stereocenters. The monoisotopic (exact) mass is 289 g/mol. The van der Waals surface area contributed by atoms with E-state index in [0.29, 0.717) is 30.8 Å². The van der Waals surface area contributed by atoms with E-state index in [2.05, 4.69) is 0 Å². The molecule has 0 aromatic heterocycles. The summed E-state index contributed by atoms with van der Waals surface area (Å²) in [6.45, 7) is 6.63. The van der Waals surface area contributed by atoms with Crippen molar-refractivity contribution < 1.29 is 17.6 Å². The van der Waals surface area contributed by atoms with Crippen molar-refractivity contribution in [3.05, 3.63) is 34.9 Å². The van der Waals surface area contributed by atoms with E-state index in [0.717, 1.165) is 0 Å². The summed E-state index contributed by atoms with van der Waals surface area (Å²) in [4.78, 5) is 1.81. The van der Waals surface area contributed by atoms with Gasteiger partial charge in [-0.05, 0) is 28.7 Å². The summed E-state index contributed by atoms with van der Waals surface area (Å²) in [5.74, 6) is 0. The second-order valence-electron chi connectivity index (χ2n) is 6.46. The Labute approximate surface area is 116 Å². The maximum absolute atomic E-state index is 13.0. The number of hydrogen-bond donors (Lipinski definition) is 0. The van der Waals surface area contributed by atoms with Gasteiger partial charge in [0.05, 0.1) is 5.56 Å². The minimum absolute atomic E-state index is 0.307. The smallest absolute Gasteiger partial charge is 0.293 e. The topological polar surface area (TPSA) is 3.24 Å². The third-order valence-electron chi connectivity index (χ3n) is 3.50. The molecule has 1 aromatic carbocycles. The van der Waals surface area contributed by atoms with Crippen LogP contribution in [-0.4, -0.2) is 24.2 Å². The largest absolute Gasteiger partial charge is 0.416 e. The molecule has 0 atom stereocenters. The minimum Gasteiger partial charge on any atom is -0.293 e. The van der Waals surface area contributed by atoms with E-state index in [1.54, 1.807) is 6.07 Å². The summed E-state index contributed by atoms with van der Waals surface area (Å²) in [5, 5.41) is 0. The van der Waals surface area contributed by atoms with Crippen LogP contribution in [0.1, 0.15) is 37.5 Å². The van der Waals surface area contributed by atoms with Gasteiger partial charge in [-0.15, -0.1) is 0 Å². The van der Waals surface area contributed by atoms with Gasteiger partial charge < -0.3 is 0 Å². The quantitative estimate of drug-likeness (QED) is 0.739. The van der Waals surface area contributed by atoms with Crippen LogP contribution in [0.15, 0.2) is 18.2 Å². The van der Waals surface area contributed by atoms with Gasteiger partial charge in [0.25, 0.3) is 0 Å². The zero-order valence-corrected chi connectivity index (χ0v) is 11.9. The lowest BCUT2D eigenvalue weighted by atomic mass is 9.85. The molecule has 0 N–H and O–H groups in total. The lowest BCUT2D eigenvalue weighted by Crippen LogP contribution is -2.47. The van der Waals surface area contributed by atoms with E-state index < -0.39 is 17.9 Å². The molecular weight excluding hydrogens is 270 g/mol. The maximum atomic E-state index is 13.0. The molecule has 0 amide bonds. The van der Waals surface area contributed by atoms with Gasteiger partial charge in [-0.1, -0.05) is 26.8 Å². The summed E-state index contributed by atoms with van der Waals surface area (Å²) in [6, 6.07) is 4.17. The molecule has 1 fully saturated rings. The number of hydrogen-bond acceptors (Lipinski definition) is 1. The van der Waals surface area contributed by atoms with Crippen LogP contribution in [0.4, 0.5) is 17.6 Å². The van der Waals surface area contributed by atoms with Crippen molar-refractivity contribution in [2.75, 3.05) is 13.1 Å². The van der Waals surface area contributed by atoms with E-state index in [1.807, 2.05) is 25.7 Å². The van der Waals surface area contributed by atoms with Crippen LogP contribution in [-0.2, 0) is 18.1 Å². The molecule has 1 aliphatic heterocycles. The number of likely N-dealkylation sites (tertiary alicyclic amines) is 1. The van der Waals surface area contributed by atoms with Gasteiger partial charge >= 0.3 is 6.18 Å². The average molecular weight is 289 g/mol. The fourth-order valence-corrected chi connectivity index (χ4v) is 2.27. The van der Waals surface area contributed by atoms with E-state index >= 15 is 0 Å². The van der Waals surface area contributed by atoms with Gasteiger partial charge in [0.1, 0.15) is 6.17 Å². The van der Waals surface area contributed by atoms with Crippen molar-refractivity contribution in [1.82, 2.24) is 4.90 Å². The highest BCUT2D eigenvalue weighted by atomic mass is 19.4. The van der Waals surface area contributed by atoms with Crippen molar-refractivity contribution in [3.8, 4) is 0 Å². The van der Waals surface area contributed by atoms with E-state index in [4.69, 9.17) is 0 Å². The van der Waals surface area contributed by atoms with Crippen molar-refractivity contribution in [3.63, 3.8) is 0 Å². The molecule has 1 aromatic rings. The first-order valence-electron chi connectivity index (χ1n) is 6.64. The molecule has 1 saturated heterocycles. The number of rotatable bonds is 2. The molecular formula is C15H19F4N. The van der Waals surface area contributed by atoms with Crippen molar-refractivity contribution in [2.24, 2.45) is 0 Å². The molecule has 1 nitrogen and oxygen atoms in total. The van der Waals surface area contributed by atoms with Gasteiger partial charge in [-0.25, -0.2) is 4.39 Å². The summed E-state index contributed by atoms with van der Waals surface area (Å²) in [6.07, 6.45) is -5.20. The third-order valence-corrected chi connectivity index (χ3v) is 3.50. The second-order valence-corrected chi connectivity index (χ2v) is 6.46. The Hall–Kier alpha value is -1.10. The van der Waals surface area contributed by atoms with Crippen LogP contribution in [0, 0.1) is 0 Å². The number of halogens is 4. The average Bonchev–Trinajstić information content (AvgIpc) is 2.24. The molecule has 0 spiro atoms. The highest BCUT2D eigenvalue weighted by Crippen LogP contribution is 2.34. The van der Waals surface area contributed by atoms with Crippen LogP contribution >= 0.6 is 0 Å². The Kier molecular flexibility index (Phi) is 3.84. The molecule has 1 aliphatic rings. The minimum atomic E-state index is -4.35. The maximum Gasteiger partial charge on any atom is 0.416 e. The highest BCUT2D eigenvalue weighted by molar-refractivity contribution is 5.35. The fraction of sp³-hybridized carbons (Fsp3) is 0.600. The number of benzene rings is 1. The molecule has 0 aliphatic carbocycles. The van der Waals surface area contributed by atoms with Gasteiger partial charge in [0.2, 0.25) is 0 Å². The van der Waals surface area contributed by atoms with Gasteiger partial charge in [0, 0.05) is 19.6 Å². The summed E-state index contributed by atoms with van der Waals surface area (Å²) < 4.78 is 51.7. The molecule has 1 heterocycles. The van der Waals surface area contributed by atoms with Gasteiger partial charge in [0.15, 0.2) is 0 Å². The normalized spacial score (nSPS) is 18.1. The fourth-order valence-electron chi connectivity index (χ4n) is 2.27. The van der Waals surface area contributed by atoms with Gasteiger partial charge in [-0.3, -0.25) is 4.90 Å². The SMILES string of the molecule is CC(C)(C)c1cc(CN2CC(F)C2)cc(C(F)(F)F)c1. The Morgan fingerprint density at radius 3 is 2.05 bits per heavy atom. The zero-order chi connectivity index (χ0) is 15.1. The zero-order valence-electron chi connectivity index (χ0n) is 11.9. The molecule has 0 bridgehead atoms. The van der Waals surface area contributed by atoms with Crippen molar-refractivity contribution >= 4 is 0 Å². The Bertz CT molecular complexity index is 449. The van der Waals surface area contributed by atoms with E-state index in [9.17, 15) is 17.6 Å². The molecule has 2 rings (SSSR count). The van der Waals surface area contributed by atoms with E-state index in [1.165, 1.54) is 12.1 Å². The molecule has 0 saturated carbocycles. The van der Waals surface area contributed by atoms with Gasteiger partial charge in [-0.2, -0.15) is 13.2 Å². The third kappa shape index (κ3) is 3.51. The van der Waals surface area contributed by atoms with E-state index in [-0.39, 0.29) is 5.41 Å². The lowest BCUT2D eigenvalue weighted by molar-refractivity contribution is -0.137. The van der Waals surface area contributed by atoms with Crippen molar-refractivity contribution in [2.45, 2.75) is 45.1 Å². The van der Waals surface area contributed by atoms with Crippen LogP contribution in [0.5, 0.6) is 0 Å². The van der Waals surface area contributed by atoms with Crippen LogP contribution in [0.3, 0.4) is 0 Å². The highest BCUT2D eigenvalue weighted by Gasteiger charge is 2.33. The Morgan fingerprint density at radius 2 is 1.60 bits per heavy atom. The van der Waals surface area contributed by atoms with Crippen LogP contribution in [0.25, 0.3) is 0 Å². The first-order valence-corrected chi connectivity index (χ1v) is 6.64. The summed E-state index contributed by atoms with van der Waals surface area (Å²) >= 11 is 0. The first-order chi connectivity index (χ1) is 9.05. The molecule has 0 radical (unpaired) electrons. The summed E-state index contributed by atoms with van der Waals surface area (Å²) in [7, 11) is 0.